The largest absolute Gasteiger partial charge is 0.481 e. The number of aryl methyl sites for hydroxylation is 2. The second-order valence-electron chi connectivity index (χ2n) is 3.59. The highest BCUT2D eigenvalue weighted by atomic mass is 35.5. The van der Waals surface area contributed by atoms with Crippen LogP contribution in [-0.4, -0.2) is 31.6 Å². The van der Waals surface area contributed by atoms with Crippen LogP contribution in [0.25, 0.3) is 10.7 Å². The van der Waals surface area contributed by atoms with Crippen LogP contribution in [-0.2, 0) is 11.8 Å². The number of halogens is 1. The Labute approximate surface area is 117 Å². The van der Waals surface area contributed by atoms with Crippen molar-refractivity contribution in [1.82, 2.24) is 14.8 Å². The van der Waals surface area contributed by atoms with E-state index in [1.807, 2.05) is 12.3 Å². The van der Waals surface area contributed by atoms with Crippen molar-refractivity contribution >= 4 is 40.7 Å². The fourth-order valence-electron chi connectivity index (χ4n) is 1.30. The lowest BCUT2D eigenvalue weighted by Crippen LogP contribution is -2.00. The lowest BCUT2D eigenvalue weighted by molar-refractivity contribution is -0.133. The second kappa shape index (κ2) is 5.29. The molecule has 0 saturated carbocycles. The quantitative estimate of drug-likeness (QED) is 0.880. The van der Waals surface area contributed by atoms with E-state index in [0.717, 1.165) is 22.2 Å². The van der Waals surface area contributed by atoms with Crippen LogP contribution < -0.4 is 0 Å². The summed E-state index contributed by atoms with van der Waals surface area (Å²) >= 11 is 8.77. The minimum atomic E-state index is -0.880. The number of carboxylic acid groups (broad SMARTS) is 1. The van der Waals surface area contributed by atoms with Crippen molar-refractivity contribution in [3.05, 3.63) is 16.0 Å². The standard InChI is InChI=1S/C10H10ClN3O2S2/c1-5-3-17-8(7(5)11)9-12-10(14(2)13-9)18-4-6(15)16/h3H,4H2,1-2H3,(H,15,16). The predicted molar refractivity (Wildman–Crippen MR) is 72.4 cm³/mol. The van der Waals surface area contributed by atoms with Crippen molar-refractivity contribution in [2.75, 3.05) is 5.75 Å². The molecule has 2 aromatic rings. The minimum absolute atomic E-state index is 0.0385. The second-order valence-corrected chi connectivity index (χ2v) is 5.79. The number of aromatic nitrogens is 3. The molecule has 0 spiro atoms. The number of rotatable bonds is 4. The Morgan fingerprint density at radius 3 is 2.94 bits per heavy atom. The van der Waals surface area contributed by atoms with Gasteiger partial charge in [0, 0.05) is 7.05 Å². The van der Waals surface area contributed by atoms with Crippen molar-refractivity contribution in [3.63, 3.8) is 0 Å². The Kier molecular flexibility index (Phi) is 3.94. The van der Waals surface area contributed by atoms with Gasteiger partial charge in [-0.1, -0.05) is 23.4 Å². The molecule has 8 heteroatoms. The van der Waals surface area contributed by atoms with Crippen LogP contribution in [0.2, 0.25) is 5.02 Å². The van der Waals surface area contributed by atoms with Crippen LogP contribution >= 0.6 is 34.7 Å². The molecule has 18 heavy (non-hydrogen) atoms. The monoisotopic (exact) mass is 303 g/mol. The number of nitrogens with zero attached hydrogens (tertiary/aromatic N) is 3. The molecule has 0 atom stereocenters. The first-order valence-corrected chi connectivity index (χ1v) is 7.23. The summed E-state index contributed by atoms with van der Waals surface area (Å²) in [7, 11) is 1.73. The molecule has 0 saturated heterocycles. The number of thiophene rings is 1. The molecule has 0 aliphatic carbocycles. The zero-order valence-corrected chi connectivity index (χ0v) is 12.1. The van der Waals surface area contributed by atoms with Gasteiger partial charge in [0.25, 0.3) is 0 Å². The molecule has 2 heterocycles. The fraction of sp³-hybridized carbons (Fsp3) is 0.300. The molecule has 1 N–H and O–H groups in total. The fourth-order valence-corrected chi connectivity index (χ4v) is 3.14. The van der Waals surface area contributed by atoms with Gasteiger partial charge in [-0.3, -0.25) is 4.79 Å². The minimum Gasteiger partial charge on any atom is -0.481 e. The molecular weight excluding hydrogens is 294 g/mol. The van der Waals surface area contributed by atoms with Gasteiger partial charge in [-0.05, 0) is 17.9 Å². The van der Waals surface area contributed by atoms with Gasteiger partial charge in [-0.15, -0.1) is 16.4 Å². The van der Waals surface area contributed by atoms with E-state index in [-0.39, 0.29) is 5.75 Å². The molecule has 0 amide bonds. The lowest BCUT2D eigenvalue weighted by atomic mass is 10.3. The Balaban J connectivity index is 2.28. The van der Waals surface area contributed by atoms with Crippen molar-refractivity contribution in [3.8, 4) is 10.7 Å². The zero-order valence-electron chi connectivity index (χ0n) is 9.68. The Bertz CT molecular complexity index is 594. The highest BCUT2D eigenvalue weighted by Crippen LogP contribution is 2.35. The van der Waals surface area contributed by atoms with Crippen molar-refractivity contribution < 1.29 is 9.90 Å². The van der Waals surface area contributed by atoms with Crippen LogP contribution in [0.5, 0.6) is 0 Å². The van der Waals surface area contributed by atoms with Crippen molar-refractivity contribution in [2.45, 2.75) is 12.1 Å². The summed E-state index contributed by atoms with van der Waals surface area (Å²) in [5.41, 5.74) is 0.990. The van der Waals surface area contributed by atoms with Gasteiger partial charge >= 0.3 is 5.97 Å². The van der Waals surface area contributed by atoms with E-state index in [2.05, 4.69) is 10.1 Å². The Morgan fingerprint density at radius 2 is 2.39 bits per heavy atom. The highest BCUT2D eigenvalue weighted by molar-refractivity contribution is 7.99. The first-order valence-electron chi connectivity index (χ1n) is 4.98. The van der Waals surface area contributed by atoms with Gasteiger partial charge in [-0.2, -0.15) is 4.98 Å². The van der Waals surface area contributed by atoms with E-state index in [4.69, 9.17) is 16.7 Å². The first-order chi connectivity index (χ1) is 8.49. The maximum atomic E-state index is 10.5. The molecule has 2 aromatic heterocycles. The normalized spacial score (nSPS) is 10.8. The van der Waals surface area contributed by atoms with E-state index in [1.54, 1.807) is 11.7 Å². The summed E-state index contributed by atoms with van der Waals surface area (Å²) in [5.74, 6) is -0.383. The van der Waals surface area contributed by atoms with Gasteiger partial charge in [-0.25, -0.2) is 4.68 Å². The van der Waals surface area contributed by atoms with E-state index in [0.29, 0.717) is 16.0 Å². The van der Waals surface area contributed by atoms with E-state index in [1.165, 1.54) is 11.3 Å². The molecule has 0 radical (unpaired) electrons. The maximum Gasteiger partial charge on any atom is 0.313 e. The summed E-state index contributed by atoms with van der Waals surface area (Å²) in [6.45, 7) is 1.92. The summed E-state index contributed by atoms with van der Waals surface area (Å²) in [5, 5.41) is 16.1. The van der Waals surface area contributed by atoms with E-state index < -0.39 is 5.97 Å². The molecule has 96 valence electrons. The van der Waals surface area contributed by atoms with Gasteiger partial charge < -0.3 is 5.11 Å². The topological polar surface area (TPSA) is 68.0 Å². The summed E-state index contributed by atoms with van der Waals surface area (Å²) in [6.07, 6.45) is 0. The van der Waals surface area contributed by atoms with Gasteiger partial charge in [0.05, 0.1) is 15.7 Å². The van der Waals surface area contributed by atoms with Crippen molar-refractivity contribution in [1.29, 1.82) is 0 Å². The SMILES string of the molecule is Cc1csc(-c2nc(SCC(=O)O)n(C)n2)c1Cl. The number of carbonyl (C=O) groups is 1. The Hall–Kier alpha value is -1.05. The van der Waals surface area contributed by atoms with Crippen molar-refractivity contribution in [2.24, 2.45) is 7.05 Å². The Morgan fingerprint density at radius 1 is 1.67 bits per heavy atom. The van der Waals surface area contributed by atoms with Gasteiger partial charge in [0.1, 0.15) is 0 Å². The summed E-state index contributed by atoms with van der Waals surface area (Å²) in [6, 6.07) is 0. The molecular formula is C10H10ClN3O2S2. The number of carboxylic acids is 1. The van der Waals surface area contributed by atoms with Crippen LogP contribution in [0.4, 0.5) is 0 Å². The van der Waals surface area contributed by atoms with Crippen LogP contribution in [0.3, 0.4) is 0 Å². The van der Waals surface area contributed by atoms with Crippen LogP contribution in [0, 0.1) is 6.92 Å². The molecule has 0 bridgehead atoms. The summed E-state index contributed by atoms with van der Waals surface area (Å²) in [4.78, 5) is 15.6. The van der Waals surface area contributed by atoms with E-state index >= 15 is 0 Å². The molecule has 0 unspecified atom stereocenters. The zero-order chi connectivity index (χ0) is 13.3. The third-order valence-corrected chi connectivity index (χ3v) is 4.85. The average Bonchev–Trinajstić information content (AvgIpc) is 2.82. The number of hydrogen-bond acceptors (Lipinski definition) is 5. The number of thioether (sulfide) groups is 1. The maximum absolute atomic E-state index is 10.5. The number of hydrogen-bond donors (Lipinski definition) is 1. The molecule has 0 aromatic carbocycles. The average molecular weight is 304 g/mol. The van der Waals surface area contributed by atoms with E-state index in [9.17, 15) is 4.79 Å². The third-order valence-electron chi connectivity index (χ3n) is 2.15. The highest BCUT2D eigenvalue weighted by Gasteiger charge is 2.16. The first kappa shape index (κ1) is 13.4. The summed E-state index contributed by atoms with van der Waals surface area (Å²) < 4.78 is 1.56. The number of aliphatic carboxylic acids is 1. The molecule has 0 fully saturated rings. The van der Waals surface area contributed by atoms with Gasteiger partial charge in [0.2, 0.25) is 0 Å². The molecule has 2 rings (SSSR count). The van der Waals surface area contributed by atoms with Gasteiger partial charge in [0.15, 0.2) is 11.0 Å². The third kappa shape index (κ3) is 2.68. The van der Waals surface area contributed by atoms with Crippen LogP contribution in [0.1, 0.15) is 5.56 Å². The molecule has 0 aliphatic rings. The molecule has 5 nitrogen and oxygen atoms in total. The molecule has 0 aliphatic heterocycles. The van der Waals surface area contributed by atoms with Crippen LogP contribution in [0.15, 0.2) is 10.5 Å². The smallest absolute Gasteiger partial charge is 0.313 e. The lowest BCUT2D eigenvalue weighted by Gasteiger charge is -1.94. The predicted octanol–water partition coefficient (Wildman–Crippen LogP) is 2.68.